The molecule has 1 aliphatic carbocycles. The minimum absolute atomic E-state index is 0.389. The lowest BCUT2D eigenvalue weighted by Crippen LogP contribution is -2.29. The van der Waals surface area contributed by atoms with Crippen LogP contribution in [-0.4, -0.2) is 0 Å². The van der Waals surface area contributed by atoms with Crippen LogP contribution >= 0.6 is 0 Å². The van der Waals surface area contributed by atoms with E-state index in [-0.39, 0.29) is 0 Å². The molecular weight excluding hydrogens is 266 g/mol. The van der Waals surface area contributed by atoms with E-state index in [9.17, 15) is 0 Å². The largest absolute Gasteiger partial charge is 0.405 e. The maximum absolute atomic E-state index is 5.55. The maximum atomic E-state index is 5.55. The van der Waals surface area contributed by atoms with Crippen LogP contribution in [-0.2, 0) is 18.3 Å². The average molecular weight is 297 g/mol. The summed E-state index contributed by atoms with van der Waals surface area (Å²) < 4.78 is 0. The van der Waals surface area contributed by atoms with Gasteiger partial charge in [0, 0.05) is 0 Å². The fraction of sp³-hybridized carbons (Fsp3) is 0.524. The predicted octanol–water partition coefficient (Wildman–Crippen LogP) is 5.29. The average Bonchev–Trinajstić information content (AvgIpc) is 2.79. The van der Waals surface area contributed by atoms with Crippen molar-refractivity contribution in [1.29, 1.82) is 0 Å². The number of nitrogens with two attached hydrogens (primary N) is 1. The Morgan fingerprint density at radius 2 is 2.14 bits per heavy atom. The van der Waals surface area contributed by atoms with E-state index in [2.05, 4.69) is 52.0 Å². The van der Waals surface area contributed by atoms with Gasteiger partial charge in [-0.05, 0) is 78.5 Å². The first-order valence-corrected chi connectivity index (χ1v) is 8.77. The molecule has 0 fully saturated rings. The van der Waals surface area contributed by atoms with Crippen LogP contribution < -0.4 is 5.73 Å². The molecule has 2 N–H and O–H groups in total. The zero-order valence-corrected chi connectivity index (χ0v) is 14.7. The van der Waals surface area contributed by atoms with Crippen LogP contribution in [0.1, 0.15) is 63.6 Å². The highest BCUT2D eigenvalue weighted by Gasteiger charge is 2.42. The smallest absolute Gasteiger partial charge is 0.00181 e. The fourth-order valence-corrected chi connectivity index (χ4v) is 4.33. The van der Waals surface area contributed by atoms with Crippen molar-refractivity contribution >= 4 is 0 Å². The molecule has 2 rings (SSSR count). The van der Waals surface area contributed by atoms with Crippen LogP contribution in [0.4, 0.5) is 0 Å². The van der Waals surface area contributed by atoms with E-state index < -0.39 is 0 Å². The molecule has 0 heterocycles. The molecule has 2 unspecified atom stereocenters. The number of hydrogen-bond donors (Lipinski definition) is 1. The van der Waals surface area contributed by atoms with Crippen molar-refractivity contribution in [2.45, 2.75) is 65.2 Å². The zero-order valence-electron chi connectivity index (χ0n) is 14.7. The highest BCUT2D eigenvalue weighted by Crippen LogP contribution is 2.49. The third kappa shape index (κ3) is 2.99. The van der Waals surface area contributed by atoms with Crippen LogP contribution in [0.2, 0.25) is 0 Å². The molecule has 0 aromatic heterocycles. The van der Waals surface area contributed by atoms with Gasteiger partial charge in [0.15, 0.2) is 0 Å². The summed E-state index contributed by atoms with van der Waals surface area (Å²) in [4.78, 5) is 0. The molecule has 0 aliphatic heterocycles. The Balaban J connectivity index is 2.38. The second-order valence-electron chi connectivity index (χ2n) is 6.76. The van der Waals surface area contributed by atoms with Crippen molar-refractivity contribution in [2.24, 2.45) is 11.7 Å². The van der Waals surface area contributed by atoms with Crippen LogP contribution in [0.3, 0.4) is 0 Å². The van der Waals surface area contributed by atoms with Gasteiger partial charge < -0.3 is 5.73 Å². The molecule has 22 heavy (non-hydrogen) atoms. The van der Waals surface area contributed by atoms with Crippen molar-refractivity contribution < 1.29 is 0 Å². The van der Waals surface area contributed by atoms with E-state index in [0.717, 1.165) is 12.3 Å². The Labute approximate surface area is 136 Å². The van der Waals surface area contributed by atoms with Gasteiger partial charge in [0.05, 0.1) is 0 Å². The van der Waals surface area contributed by atoms with Gasteiger partial charge in [0.1, 0.15) is 0 Å². The Hall–Kier alpha value is -1.50. The zero-order chi connectivity index (χ0) is 16.2. The molecule has 120 valence electrons. The number of allylic oxidation sites excluding steroid dienone is 3. The van der Waals surface area contributed by atoms with Crippen LogP contribution in [0.15, 0.2) is 42.1 Å². The summed E-state index contributed by atoms with van der Waals surface area (Å²) in [5, 5.41) is 0. The topological polar surface area (TPSA) is 26.0 Å². The third-order valence-electron chi connectivity index (χ3n) is 5.60. The van der Waals surface area contributed by atoms with Gasteiger partial charge >= 0.3 is 0 Å². The quantitative estimate of drug-likeness (QED) is 0.709. The molecule has 0 saturated carbocycles. The van der Waals surface area contributed by atoms with E-state index in [1.165, 1.54) is 36.8 Å². The first-order valence-electron chi connectivity index (χ1n) is 8.77. The number of rotatable bonds is 6. The summed E-state index contributed by atoms with van der Waals surface area (Å²) in [5.74, 6) is 0.757. The molecule has 1 aromatic carbocycles. The minimum Gasteiger partial charge on any atom is -0.405 e. The molecule has 1 aliphatic rings. The van der Waals surface area contributed by atoms with Gasteiger partial charge in [-0.2, -0.15) is 0 Å². The van der Waals surface area contributed by atoms with Crippen molar-refractivity contribution in [3.8, 4) is 0 Å². The second-order valence-corrected chi connectivity index (χ2v) is 6.76. The minimum atomic E-state index is 0.389. The lowest BCUT2D eigenvalue weighted by Gasteiger charge is -2.34. The SMILES string of the molecule is C/C=C(\C=C/N)Cc1ccc2c(c1)C(CC)(CCC)C(C)C2. The molecule has 2 atom stereocenters. The Morgan fingerprint density at radius 1 is 1.36 bits per heavy atom. The molecule has 0 spiro atoms. The Morgan fingerprint density at radius 3 is 2.73 bits per heavy atom. The first kappa shape index (κ1) is 16.9. The summed E-state index contributed by atoms with van der Waals surface area (Å²) in [5.41, 5.74) is 11.8. The number of benzene rings is 1. The lowest BCUT2D eigenvalue weighted by molar-refractivity contribution is 0.278. The van der Waals surface area contributed by atoms with E-state index in [0.29, 0.717) is 5.41 Å². The summed E-state index contributed by atoms with van der Waals surface area (Å²) in [6.45, 7) is 9.20. The predicted molar refractivity (Wildman–Crippen MR) is 97.0 cm³/mol. The number of hydrogen-bond acceptors (Lipinski definition) is 1. The summed E-state index contributed by atoms with van der Waals surface area (Å²) in [6.07, 6.45) is 11.8. The third-order valence-corrected chi connectivity index (χ3v) is 5.60. The van der Waals surface area contributed by atoms with Crippen LogP contribution in [0.25, 0.3) is 0 Å². The number of fused-ring (bicyclic) bond motifs is 1. The summed E-state index contributed by atoms with van der Waals surface area (Å²) in [6, 6.07) is 7.15. The molecule has 0 bridgehead atoms. The Bertz CT molecular complexity index is 567. The van der Waals surface area contributed by atoms with Crippen molar-refractivity contribution in [3.63, 3.8) is 0 Å². The van der Waals surface area contributed by atoms with E-state index >= 15 is 0 Å². The summed E-state index contributed by atoms with van der Waals surface area (Å²) >= 11 is 0. The van der Waals surface area contributed by atoms with Gasteiger partial charge in [-0.1, -0.05) is 51.5 Å². The molecule has 0 saturated heterocycles. The Kier molecular flexibility index (Phi) is 5.50. The molecular formula is C21H31N. The standard InChI is InChI=1S/C21H31N/c1-5-11-21(7-3)16(4)13-19-9-8-18(15-20(19)21)14-17(6-2)10-12-22/h6,8-10,12,15-16H,5,7,11,13-14,22H2,1-4H3/b12-10-,17-6+. The van der Waals surface area contributed by atoms with Gasteiger partial charge in [-0.3, -0.25) is 0 Å². The lowest BCUT2D eigenvalue weighted by atomic mass is 9.70. The van der Waals surface area contributed by atoms with Gasteiger partial charge in [0.2, 0.25) is 0 Å². The van der Waals surface area contributed by atoms with Gasteiger partial charge in [0.25, 0.3) is 0 Å². The van der Waals surface area contributed by atoms with Crippen molar-refractivity contribution in [3.05, 3.63) is 58.8 Å². The molecule has 1 nitrogen and oxygen atoms in total. The van der Waals surface area contributed by atoms with Crippen molar-refractivity contribution in [2.75, 3.05) is 0 Å². The van der Waals surface area contributed by atoms with Gasteiger partial charge in [-0.15, -0.1) is 0 Å². The monoisotopic (exact) mass is 297 g/mol. The fourth-order valence-electron chi connectivity index (χ4n) is 4.33. The van der Waals surface area contributed by atoms with Crippen LogP contribution in [0, 0.1) is 5.92 Å². The normalized spacial score (nSPS) is 24.9. The highest BCUT2D eigenvalue weighted by molar-refractivity contribution is 5.44. The van der Waals surface area contributed by atoms with E-state index in [1.54, 1.807) is 17.3 Å². The maximum Gasteiger partial charge on any atom is -0.00181 e. The van der Waals surface area contributed by atoms with Crippen LogP contribution in [0.5, 0.6) is 0 Å². The molecule has 0 radical (unpaired) electrons. The highest BCUT2D eigenvalue weighted by atomic mass is 14.5. The van der Waals surface area contributed by atoms with Crippen molar-refractivity contribution in [1.82, 2.24) is 0 Å². The molecule has 1 heteroatoms. The summed E-state index contributed by atoms with van der Waals surface area (Å²) in [7, 11) is 0. The van der Waals surface area contributed by atoms with E-state index in [4.69, 9.17) is 5.73 Å². The molecule has 0 amide bonds. The van der Waals surface area contributed by atoms with Gasteiger partial charge in [-0.25, -0.2) is 0 Å². The second kappa shape index (κ2) is 7.17. The first-order chi connectivity index (χ1) is 10.6. The van der Waals surface area contributed by atoms with E-state index in [1.807, 2.05) is 6.08 Å². The molecule has 1 aromatic rings.